The SMILES string of the molecule is CN(Cc1ccc2nsnc2c1)[C@H](C(=O)O)c1ccc(O)cc1. The van der Waals surface area contributed by atoms with Gasteiger partial charge in [-0.15, -0.1) is 0 Å². The lowest BCUT2D eigenvalue weighted by molar-refractivity contribution is -0.143. The van der Waals surface area contributed by atoms with E-state index in [-0.39, 0.29) is 5.75 Å². The third-order valence-corrected chi connectivity index (χ3v) is 4.19. The molecule has 23 heavy (non-hydrogen) atoms. The van der Waals surface area contributed by atoms with Gasteiger partial charge >= 0.3 is 5.97 Å². The van der Waals surface area contributed by atoms with Crippen molar-refractivity contribution in [3.63, 3.8) is 0 Å². The first-order chi connectivity index (χ1) is 11.0. The molecule has 2 aromatic carbocycles. The number of phenols is 1. The number of aliphatic carboxylic acids is 1. The number of carboxylic acids is 1. The normalized spacial score (nSPS) is 12.6. The third-order valence-electron chi connectivity index (χ3n) is 3.63. The summed E-state index contributed by atoms with van der Waals surface area (Å²) in [6, 6.07) is 11.2. The van der Waals surface area contributed by atoms with Crippen molar-refractivity contribution in [2.75, 3.05) is 7.05 Å². The van der Waals surface area contributed by atoms with Gasteiger partial charge in [-0.25, -0.2) is 0 Å². The summed E-state index contributed by atoms with van der Waals surface area (Å²) in [6.07, 6.45) is 0. The molecule has 0 aliphatic heterocycles. The van der Waals surface area contributed by atoms with E-state index in [0.717, 1.165) is 28.3 Å². The molecule has 3 rings (SSSR count). The van der Waals surface area contributed by atoms with Crippen molar-refractivity contribution in [2.24, 2.45) is 0 Å². The van der Waals surface area contributed by atoms with Gasteiger partial charge in [0.15, 0.2) is 0 Å². The van der Waals surface area contributed by atoms with Gasteiger partial charge in [0.1, 0.15) is 22.8 Å². The molecule has 0 aliphatic rings. The van der Waals surface area contributed by atoms with Gasteiger partial charge in [-0.3, -0.25) is 9.69 Å². The summed E-state index contributed by atoms with van der Waals surface area (Å²) in [5.41, 5.74) is 3.25. The number of phenolic OH excluding ortho intramolecular Hbond substituents is 1. The Balaban J connectivity index is 1.84. The van der Waals surface area contributed by atoms with Crippen LogP contribution in [-0.4, -0.2) is 36.9 Å². The molecule has 118 valence electrons. The number of rotatable bonds is 5. The Morgan fingerprint density at radius 1 is 1.17 bits per heavy atom. The molecule has 3 aromatic rings. The van der Waals surface area contributed by atoms with E-state index >= 15 is 0 Å². The maximum atomic E-state index is 11.7. The molecule has 7 heteroatoms. The number of fused-ring (bicyclic) bond motifs is 1. The predicted molar refractivity (Wildman–Crippen MR) is 87.4 cm³/mol. The minimum absolute atomic E-state index is 0.113. The number of benzene rings is 2. The van der Waals surface area contributed by atoms with Crippen LogP contribution in [0.5, 0.6) is 5.75 Å². The van der Waals surface area contributed by atoms with E-state index in [0.29, 0.717) is 12.1 Å². The molecule has 0 radical (unpaired) electrons. The average molecular weight is 329 g/mol. The Morgan fingerprint density at radius 3 is 2.57 bits per heavy atom. The highest BCUT2D eigenvalue weighted by Gasteiger charge is 2.24. The zero-order chi connectivity index (χ0) is 16.4. The van der Waals surface area contributed by atoms with Crippen molar-refractivity contribution >= 4 is 28.7 Å². The van der Waals surface area contributed by atoms with Gasteiger partial charge in [0, 0.05) is 6.54 Å². The highest BCUT2D eigenvalue weighted by molar-refractivity contribution is 7.00. The molecule has 0 saturated heterocycles. The zero-order valence-corrected chi connectivity index (χ0v) is 13.2. The largest absolute Gasteiger partial charge is 0.508 e. The number of nitrogens with zero attached hydrogens (tertiary/aromatic N) is 3. The van der Waals surface area contributed by atoms with Crippen LogP contribution in [0.15, 0.2) is 42.5 Å². The summed E-state index contributed by atoms with van der Waals surface area (Å²) < 4.78 is 8.36. The molecule has 0 spiro atoms. The molecule has 1 heterocycles. The van der Waals surface area contributed by atoms with E-state index in [1.165, 1.54) is 12.1 Å². The lowest BCUT2D eigenvalue weighted by Crippen LogP contribution is -2.30. The Morgan fingerprint density at radius 2 is 1.87 bits per heavy atom. The first-order valence-electron chi connectivity index (χ1n) is 6.98. The smallest absolute Gasteiger partial charge is 0.325 e. The minimum Gasteiger partial charge on any atom is -0.508 e. The summed E-state index contributed by atoms with van der Waals surface area (Å²) in [6.45, 7) is 0.464. The molecule has 1 aromatic heterocycles. The van der Waals surface area contributed by atoms with Crippen LogP contribution in [0, 0.1) is 0 Å². The average Bonchev–Trinajstić information content (AvgIpc) is 2.96. The molecule has 1 atom stereocenters. The predicted octanol–water partition coefficient (Wildman–Crippen LogP) is 2.65. The minimum atomic E-state index is -0.936. The van der Waals surface area contributed by atoms with Crippen molar-refractivity contribution < 1.29 is 15.0 Å². The highest BCUT2D eigenvalue weighted by atomic mass is 32.1. The van der Waals surface area contributed by atoms with Crippen LogP contribution in [0.4, 0.5) is 0 Å². The Labute approximate surface area is 137 Å². The van der Waals surface area contributed by atoms with Gasteiger partial charge in [-0.05, 0) is 42.4 Å². The van der Waals surface area contributed by atoms with Crippen molar-refractivity contribution in [3.8, 4) is 5.75 Å². The molecule has 0 aliphatic carbocycles. The Bertz CT molecular complexity index is 832. The number of hydrogen-bond acceptors (Lipinski definition) is 6. The van der Waals surface area contributed by atoms with Gasteiger partial charge in [0.2, 0.25) is 0 Å². The van der Waals surface area contributed by atoms with Gasteiger partial charge < -0.3 is 10.2 Å². The molecule has 0 amide bonds. The van der Waals surface area contributed by atoms with Crippen LogP contribution in [0.3, 0.4) is 0 Å². The number of likely N-dealkylation sites (N-methyl/N-ethyl adjacent to an activating group) is 1. The second-order valence-corrected chi connectivity index (χ2v) is 5.86. The number of carboxylic acid groups (broad SMARTS) is 1. The Kier molecular flexibility index (Phi) is 4.22. The van der Waals surface area contributed by atoms with E-state index in [1.807, 2.05) is 18.2 Å². The van der Waals surface area contributed by atoms with Gasteiger partial charge in [-0.1, -0.05) is 18.2 Å². The van der Waals surface area contributed by atoms with Crippen molar-refractivity contribution in [2.45, 2.75) is 12.6 Å². The molecule has 2 N–H and O–H groups in total. The molecule has 6 nitrogen and oxygen atoms in total. The quantitative estimate of drug-likeness (QED) is 0.748. The standard InChI is InChI=1S/C16H15N3O3S/c1-19(9-10-2-7-13-14(8-10)18-23-17-13)15(16(21)22)11-3-5-12(20)6-4-11/h2-8,15,20H,9H2,1H3,(H,21,22)/t15-/m0/s1. The van der Waals surface area contributed by atoms with E-state index in [4.69, 9.17) is 0 Å². The van der Waals surface area contributed by atoms with Crippen LogP contribution < -0.4 is 0 Å². The fourth-order valence-corrected chi connectivity index (χ4v) is 3.06. The van der Waals surface area contributed by atoms with Crippen LogP contribution in [-0.2, 0) is 11.3 Å². The van der Waals surface area contributed by atoms with Gasteiger partial charge in [0.25, 0.3) is 0 Å². The summed E-state index contributed by atoms with van der Waals surface area (Å²) >= 11 is 1.16. The van der Waals surface area contributed by atoms with Gasteiger partial charge in [0.05, 0.1) is 11.7 Å². The third kappa shape index (κ3) is 3.30. The number of carbonyl (C=O) groups is 1. The second-order valence-electron chi connectivity index (χ2n) is 5.33. The summed E-state index contributed by atoms with van der Waals surface area (Å²) in [4.78, 5) is 13.4. The van der Waals surface area contributed by atoms with Gasteiger partial charge in [-0.2, -0.15) is 8.75 Å². The molecule has 0 saturated carbocycles. The summed E-state index contributed by atoms with van der Waals surface area (Å²) in [5, 5.41) is 18.9. The van der Waals surface area contributed by atoms with Crippen LogP contribution in [0.25, 0.3) is 11.0 Å². The fourth-order valence-electron chi connectivity index (χ4n) is 2.55. The van der Waals surface area contributed by atoms with E-state index in [9.17, 15) is 15.0 Å². The number of aromatic hydroxyl groups is 1. The van der Waals surface area contributed by atoms with E-state index in [1.54, 1.807) is 24.1 Å². The maximum Gasteiger partial charge on any atom is 0.325 e. The summed E-state index contributed by atoms with van der Waals surface area (Å²) in [5.74, 6) is -0.823. The van der Waals surface area contributed by atoms with Crippen molar-refractivity contribution in [1.82, 2.24) is 13.6 Å². The number of hydrogen-bond donors (Lipinski definition) is 2. The highest BCUT2D eigenvalue weighted by Crippen LogP contribution is 2.24. The Hall–Kier alpha value is -2.51. The molecular formula is C16H15N3O3S. The number of aromatic nitrogens is 2. The maximum absolute atomic E-state index is 11.7. The lowest BCUT2D eigenvalue weighted by atomic mass is 10.0. The monoisotopic (exact) mass is 329 g/mol. The second kappa shape index (κ2) is 6.31. The fraction of sp³-hybridized carbons (Fsp3) is 0.188. The topological polar surface area (TPSA) is 86.6 Å². The molecule has 0 unspecified atom stereocenters. The van der Waals surface area contributed by atoms with E-state index < -0.39 is 12.0 Å². The van der Waals surface area contributed by atoms with Crippen LogP contribution in [0.1, 0.15) is 17.2 Å². The lowest BCUT2D eigenvalue weighted by Gasteiger charge is -2.25. The zero-order valence-electron chi connectivity index (χ0n) is 12.4. The summed E-state index contributed by atoms with van der Waals surface area (Å²) in [7, 11) is 1.76. The first-order valence-corrected chi connectivity index (χ1v) is 7.71. The van der Waals surface area contributed by atoms with E-state index in [2.05, 4.69) is 8.75 Å². The van der Waals surface area contributed by atoms with Crippen LogP contribution in [0.2, 0.25) is 0 Å². The van der Waals surface area contributed by atoms with Crippen LogP contribution >= 0.6 is 11.7 Å². The molecule has 0 fully saturated rings. The van der Waals surface area contributed by atoms with Crippen molar-refractivity contribution in [3.05, 3.63) is 53.6 Å². The molecular weight excluding hydrogens is 314 g/mol. The molecule has 0 bridgehead atoms. The first kappa shape index (κ1) is 15.4. The van der Waals surface area contributed by atoms with Crippen molar-refractivity contribution in [1.29, 1.82) is 0 Å².